The largest absolute Gasteiger partial charge is 0.479 e. The molecule has 0 fully saturated rings. The quantitative estimate of drug-likeness (QED) is 0.847. The Hall–Kier alpha value is -1.59. The van der Waals surface area contributed by atoms with E-state index in [2.05, 4.69) is 21.2 Å². The fourth-order valence-corrected chi connectivity index (χ4v) is 2.52. The molecule has 104 valence electrons. The van der Waals surface area contributed by atoms with Crippen molar-refractivity contribution in [2.75, 3.05) is 5.32 Å². The third-order valence-electron chi connectivity index (χ3n) is 2.69. The summed E-state index contributed by atoms with van der Waals surface area (Å²) in [5, 5.41) is 12.3. The van der Waals surface area contributed by atoms with E-state index in [1.54, 1.807) is 24.3 Å². The molecule has 0 spiro atoms. The maximum absolute atomic E-state index is 13.6. The molecular formula is C14H10BrClFNO2. The van der Waals surface area contributed by atoms with Crippen LogP contribution in [0.1, 0.15) is 11.6 Å². The Morgan fingerprint density at radius 3 is 2.60 bits per heavy atom. The van der Waals surface area contributed by atoms with Gasteiger partial charge in [0.2, 0.25) is 0 Å². The highest BCUT2D eigenvalue weighted by Crippen LogP contribution is 2.29. The van der Waals surface area contributed by atoms with Gasteiger partial charge in [0, 0.05) is 15.1 Å². The van der Waals surface area contributed by atoms with E-state index in [0.717, 1.165) is 4.47 Å². The van der Waals surface area contributed by atoms with Crippen molar-refractivity contribution in [3.05, 3.63) is 63.3 Å². The second-order valence-electron chi connectivity index (χ2n) is 4.06. The predicted molar refractivity (Wildman–Crippen MR) is 79.6 cm³/mol. The van der Waals surface area contributed by atoms with Crippen molar-refractivity contribution in [1.29, 1.82) is 0 Å². The summed E-state index contributed by atoms with van der Waals surface area (Å²) < 4.78 is 14.3. The minimum absolute atomic E-state index is 0.110. The smallest absolute Gasteiger partial charge is 0.330 e. The summed E-state index contributed by atoms with van der Waals surface area (Å²) in [6.07, 6.45) is 0. The zero-order valence-corrected chi connectivity index (χ0v) is 12.5. The second kappa shape index (κ2) is 6.24. The molecule has 0 aliphatic carbocycles. The molecule has 0 heterocycles. The molecule has 0 saturated carbocycles. The Morgan fingerprint density at radius 2 is 2.00 bits per heavy atom. The fourth-order valence-electron chi connectivity index (χ4n) is 1.74. The molecule has 6 heteroatoms. The van der Waals surface area contributed by atoms with Crippen LogP contribution in [0.25, 0.3) is 0 Å². The van der Waals surface area contributed by atoms with Crippen LogP contribution in [0.5, 0.6) is 0 Å². The van der Waals surface area contributed by atoms with Crippen LogP contribution < -0.4 is 5.32 Å². The van der Waals surface area contributed by atoms with Crippen molar-refractivity contribution in [2.45, 2.75) is 6.04 Å². The van der Waals surface area contributed by atoms with Crippen LogP contribution >= 0.6 is 27.5 Å². The molecule has 2 aromatic rings. The van der Waals surface area contributed by atoms with Gasteiger partial charge in [-0.3, -0.25) is 0 Å². The van der Waals surface area contributed by atoms with Crippen LogP contribution in [0.2, 0.25) is 5.02 Å². The molecule has 20 heavy (non-hydrogen) atoms. The van der Waals surface area contributed by atoms with E-state index in [0.29, 0.717) is 5.56 Å². The molecule has 0 aliphatic rings. The first-order chi connectivity index (χ1) is 9.49. The molecule has 1 atom stereocenters. The molecular weight excluding hydrogens is 349 g/mol. The van der Waals surface area contributed by atoms with Gasteiger partial charge in [-0.05, 0) is 24.3 Å². The minimum Gasteiger partial charge on any atom is -0.479 e. The Kier molecular flexibility index (Phi) is 4.62. The van der Waals surface area contributed by atoms with E-state index < -0.39 is 17.8 Å². The summed E-state index contributed by atoms with van der Waals surface area (Å²) in [6, 6.07) is 9.60. The number of anilines is 1. The zero-order chi connectivity index (χ0) is 14.7. The predicted octanol–water partition coefficient (Wildman–Crippen LogP) is 4.48. The third kappa shape index (κ3) is 3.29. The van der Waals surface area contributed by atoms with Crippen LogP contribution in [0.4, 0.5) is 10.1 Å². The third-order valence-corrected chi connectivity index (χ3v) is 3.51. The Bertz CT molecular complexity index is 651. The monoisotopic (exact) mass is 357 g/mol. The normalized spacial score (nSPS) is 11.9. The molecule has 1 unspecified atom stereocenters. The lowest BCUT2D eigenvalue weighted by Gasteiger charge is -2.18. The van der Waals surface area contributed by atoms with Crippen LogP contribution in [-0.4, -0.2) is 11.1 Å². The summed E-state index contributed by atoms with van der Waals surface area (Å²) in [6.45, 7) is 0. The summed E-state index contributed by atoms with van der Waals surface area (Å²) in [5.74, 6) is -1.66. The number of para-hydroxylation sites is 1. The van der Waals surface area contributed by atoms with Gasteiger partial charge in [-0.25, -0.2) is 9.18 Å². The zero-order valence-electron chi connectivity index (χ0n) is 10.1. The van der Waals surface area contributed by atoms with Crippen LogP contribution in [0.3, 0.4) is 0 Å². The number of halogens is 3. The first-order valence-corrected chi connectivity index (χ1v) is 6.85. The van der Waals surface area contributed by atoms with E-state index >= 15 is 0 Å². The van der Waals surface area contributed by atoms with Crippen molar-refractivity contribution < 1.29 is 14.3 Å². The molecule has 0 radical (unpaired) electrons. The van der Waals surface area contributed by atoms with Gasteiger partial charge in [0.25, 0.3) is 0 Å². The standard InChI is InChI=1S/C14H10BrClFNO2/c15-8-5-6-9(10(16)7-8)13(14(19)20)18-12-4-2-1-3-11(12)17/h1-7,13,18H,(H,19,20). The number of carbonyl (C=O) groups is 1. The van der Waals surface area contributed by atoms with Gasteiger partial charge >= 0.3 is 5.97 Å². The first-order valence-electron chi connectivity index (χ1n) is 5.68. The van der Waals surface area contributed by atoms with Gasteiger partial charge in [0.05, 0.1) is 5.69 Å². The first kappa shape index (κ1) is 14.8. The van der Waals surface area contributed by atoms with Gasteiger partial charge in [-0.15, -0.1) is 0 Å². The Morgan fingerprint density at radius 1 is 1.30 bits per heavy atom. The van der Waals surface area contributed by atoms with Gasteiger partial charge in [-0.2, -0.15) is 0 Å². The van der Waals surface area contributed by atoms with E-state index in [1.165, 1.54) is 18.2 Å². The maximum Gasteiger partial charge on any atom is 0.330 e. The van der Waals surface area contributed by atoms with E-state index in [9.17, 15) is 14.3 Å². The molecule has 0 saturated heterocycles. The SMILES string of the molecule is O=C(O)C(Nc1ccccc1F)c1ccc(Br)cc1Cl. The van der Waals surface area contributed by atoms with E-state index in [4.69, 9.17) is 11.6 Å². The molecule has 2 rings (SSSR count). The summed E-state index contributed by atoms with van der Waals surface area (Å²) in [7, 11) is 0. The number of hydrogen-bond acceptors (Lipinski definition) is 2. The number of nitrogens with one attached hydrogen (secondary N) is 1. The number of carboxylic acid groups (broad SMARTS) is 1. The topological polar surface area (TPSA) is 49.3 Å². The highest BCUT2D eigenvalue weighted by atomic mass is 79.9. The molecule has 3 nitrogen and oxygen atoms in total. The van der Waals surface area contributed by atoms with Gasteiger partial charge < -0.3 is 10.4 Å². The lowest BCUT2D eigenvalue weighted by Crippen LogP contribution is -2.21. The highest BCUT2D eigenvalue weighted by Gasteiger charge is 2.23. The van der Waals surface area contributed by atoms with Crippen molar-refractivity contribution in [3.63, 3.8) is 0 Å². The van der Waals surface area contributed by atoms with Crippen molar-refractivity contribution >= 4 is 39.2 Å². The highest BCUT2D eigenvalue weighted by molar-refractivity contribution is 9.10. The molecule has 0 aromatic heterocycles. The summed E-state index contributed by atoms with van der Waals surface area (Å²) >= 11 is 9.30. The summed E-state index contributed by atoms with van der Waals surface area (Å²) in [4.78, 5) is 11.4. The van der Waals surface area contributed by atoms with E-state index in [-0.39, 0.29) is 10.7 Å². The van der Waals surface area contributed by atoms with Crippen molar-refractivity contribution in [1.82, 2.24) is 0 Å². The van der Waals surface area contributed by atoms with Crippen molar-refractivity contribution in [2.24, 2.45) is 0 Å². The molecule has 0 bridgehead atoms. The average Bonchev–Trinajstić information content (AvgIpc) is 2.38. The van der Waals surface area contributed by atoms with Gasteiger partial charge in [-0.1, -0.05) is 45.7 Å². The fraction of sp³-hybridized carbons (Fsp3) is 0.0714. The molecule has 2 aromatic carbocycles. The average molecular weight is 359 g/mol. The van der Waals surface area contributed by atoms with Crippen LogP contribution in [0.15, 0.2) is 46.9 Å². The van der Waals surface area contributed by atoms with Crippen molar-refractivity contribution in [3.8, 4) is 0 Å². The lowest BCUT2D eigenvalue weighted by atomic mass is 10.1. The lowest BCUT2D eigenvalue weighted by molar-refractivity contribution is -0.138. The Balaban J connectivity index is 2.37. The van der Waals surface area contributed by atoms with Gasteiger partial charge in [0.15, 0.2) is 6.04 Å². The molecule has 0 aliphatic heterocycles. The summed E-state index contributed by atoms with van der Waals surface area (Å²) in [5.41, 5.74) is 0.476. The van der Waals surface area contributed by atoms with Crippen LogP contribution in [-0.2, 0) is 4.79 Å². The minimum atomic E-state index is -1.14. The van der Waals surface area contributed by atoms with Gasteiger partial charge in [0.1, 0.15) is 5.82 Å². The number of rotatable bonds is 4. The number of aliphatic carboxylic acids is 1. The molecule has 2 N–H and O–H groups in total. The number of benzene rings is 2. The second-order valence-corrected chi connectivity index (χ2v) is 5.38. The Labute approximate surface area is 128 Å². The number of hydrogen-bond donors (Lipinski definition) is 2. The molecule has 0 amide bonds. The maximum atomic E-state index is 13.6. The van der Waals surface area contributed by atoms with Crippen LogP contribution in [0, 0.1) is 5.82 Å². The van der Waals surface area contributed by atoms with E-state index in [1.807, 2.05) is 0 Å². The number of carboxylic acids is 1.